The van der Waals surface area contributed by atoms with Crippen LogP contribution in [-0.2, 0) is 14.9 Å². The van der Waals surface area contributed by atoms with Gasteiger partial charge in [0.25, 0.3) is 15.9 Å². The van der Waals surface area contributed by atoms with Gasteiger partial charge in [0.05, 0.1) is 32.3 Å². The Morgan fingerprint density at radius 3 is 2.21 bits per heavy atom. The van der Waals surface area contributed by atoms with E-state index in [4.69, 9.17) is 14.3 Å². The monoisotopic (exact) mass is 408 g/mol. The van der Waals surface area contributed by atoms with Crippen LogP contribution in [0.1, 0.15) is 28.9 Å². The second-order valence-corrected chi connectivity index (χ2v) is 7.86. The highest BCUT2D eigenvalue weighted by Gasteiger charge is 2.21. The number of nitrogens with zero attached hydrogens (tertiary/aromatic N) is 1. The van der Waals surface area contributed by atoms with Crippen LogP contribution in [0.2, 0.25) is 0 Å². The molecule has 152 valence electrons. The molecule has 2 rings (SSSR count). The quantitative estimate of drug-likeness (QED) is 0.674. The Hall–Kier alpha value is -2.62. The number of nitrogens with one attached hydrogen (secondary N) is 1. The fourth-order valence-corrected chi connectivity index (χ4v) is 3.53. The first-order valence-corrected chi connectivity index (χ1v) is 9.84. The lowest BCUT2D eigenvalue weighted by atomic mass is 10.1. The molecule has 1 atom stereocenters. The van der Waals surface area contributed by atoms with Crippen LogP contribution < -0.4 is 14.8 Å². The molecule has 0 unspecified atom stereocenters. The molecule has 1 amide bonds. The molecule has 0 spiro atoms. The molecule has 0 aliphatic heterocycles. The van der Waals surface area contributed by atoms with E-state index in [9.17, 15) is 13.2 Å². The van der Waals surface area contributed by atoms with Crippen LogP contribution >= 0.6 is 0 Å². The Kier molecular flexibility index (Phi) is 7.00. The second kappa shape index (κ2) is 9.05. The lowest BCUT2D eigenvalue weighted by Gasteiger charge is -2.18. The number of sulfonamides is 1. The zero-order valence-electron chi connectivity index (χ0n) is 16.4. The first kappa shape index (κ1) is 21.7. The summed E-state index contributed by atoms with van der Waals surface area (Å²) in [5.74, 6) is 0.924. The largest absolute Gasteiger partial charge is 0.497 e. The lowest BCUT2D eigenvalue weighted by Crippen LogP contribution is -2.27. The molecule has 8 nitrogen and oxygen atoms in total. The molecule has 0 aromatic heterocycles. The fraction of sp³-hybridized carbons (Fsp3) is 0.316. The first-order valence-electron chi connectivity index (χ1n) is 8.40. The van der Waals surface area contributed by atoms with Gasteiger partial charge in [-0.15, -0.1) is 0 Å². The van der Waals surface area contributed by atoms with Gasteiger partial charge in [0.1, 0.15) is 11.5 Å². The Bertz CT molecular complexity index is 928. The van der Waals surface area contributed by atoms with Crippen molar-refractivity contribution in [1.82, 2.24) is 9.79 Å². The number of carbonyl (C=O) groups is 1. The molecule has 0 aliphatic rings. The van der Waals surface area contributed by atoms with E-state index in [-0.39, 0.29) is 16.8 Å². The third-order valence-electron chi connectivity index (χ3n) is 4.26. The summed E-state index contributed by atoms with van der Waals surface area (Å²) < 4.78 is 35.8. The SMILES string of the molecule is COc1ccc(OC)c([C@@H](C)NC(=O)c2ccc(S(=O)(=O)N(C)OC)cc2)c1. The van der Waals surface area contributed by atoms with Crippen LogP contribution in [0.4, 0.5) is 0 Å². The zero-order chi connectivity index (χ0) is 20.9. The minimum atomic E-state index is -3.77. The van der Waals surface area contributed by atoms with E-state index in [1.54, 1.807) is 32.4 Å². The van der Waals surface area contributed by atoms with Crippen molar-refractivity contribution in [3.05, 3.63) is 53.6 Å². The smallest absolute Gasteiger partial charge is 0.264 e. The van der Waals surface area contributed by atoms with Gasteiger partial charge in [0, 0.05) is 18.2 Å². The van der Waals surface area contributed by atoms with Crippen LogP contribution in [0, 0.1) is 0 Å². The summed E-state index contributed by atoms with van der Waals surface area (Å²) in [6.07, 6.45) is 0. The molecule has 2 aromatic carbocycles. The minimum Gasteiger partial charge on any atom is -0.497 e. The first-order chi connectivity index (χ1) is 13.2. The van der Waals surface area contributed by atoms with E-state index in [0.29, 0.717) is 17.1 Å². The Morgan fingerprint density at radius 2 is 1.68 bits per heavy atom. The van der Waals surface area contributed by atoms with Gasteiger partial charge in [0.15, 0.2) is 0 Å². The van der Waals surface area contributed by atoms with Crippen molar-refractivity contribution >= 4 is 15.9 Å². The molecule has 0 bridgehead atoms. The van der Waals surface area contributed by atoms with Gasteiger partial charge in [-0.3, -0.25) is 9.63 Å². The van der Waals surface area contributed by atoms with E-state index in [1.165, 1.54) is 38.4 Å². The van der Waals surface area contributed by atoms with Gasteiger partial charge in [-0.25, -0.2) is 8.42 Å². The number of methoxy groups -OCH3 is 2. The molecule has 0 radical (unpaired) electrons. The number of rotatable bonds is 8. The Morgan fingerprint density at radius 1 is 1.04 bits per heavy atom. The molecule has 2 aromatic rings. The molecule has 0 saturated carbocycles. The highest BCUT2D eigenvalue weighted by atomic mass is 32.2. The summed E-state index contributed by atoms with van der Waals surface area (Å²) in [4.78, 5) is 17.3. The maximum atomic E-state index is 12.6. The van der Waals surface area contributed by atoms with E-state index in [2.05, 4.69) is 5.32 Å². The van der Waals surface area contributed by atoms with Gasteiger partial charge in [-0.05, 0) is 49.4 Å². The second-order valence-electron chi connectivity index (χ2n) is 5.92. The summed E-state index contributed by atoms with van der Waals surface area (Å²) >= 11 is 0. The van der Waals surface area contributed by atoms with Gasteiger partial charge >= 0.3 is 0 Å². The van der Waals surface area contributed by atoms with E-state index in [0.717, 1.165) is 10.0 Å². The van der Waals surface area contributed by atoms with Crippen molar-refractivity contribution in [3.63, 3.8) is 0 Å². The standard InChI is InChI=1S/C19H24N2O6S/c1-13(17-12-15(25-3)8-11-18(17)26-4)20-19(22)14-6-9-16(10-7-14)28(23,24)21(2)27-5/h6-13H,1-5H3,(H,20,22)/t13-/m1/s1. The number of carbonyl (C=O) groups excluding carboxylic acids is 1. The molecular weight excluding hydrogens is 384 g/mol. The molecule has 1 N–H and O–H groups in total. The third kappa shape index (κ3) is 4.61. The van der Waals surface area contributed by atoms with Gasteiger partial charge in [-0.2, -0.15) is 0 Å². The molecule has 9 heteroatoms. The van der Waals surface area contributed by atoms with E-state index in [1.807, 2.05) is 6.92 Å². The zero-order valence-corrected chi connectivity index (χ0v) is 17.2. The van der Waals surface area contributed by atoms with Crippen molar-refractivity contribution < 1.29 is 27.5 Å². The van der Waals surface area contributed by atoms with Crippen molar-refractivity contribution in [3.8, 4) is 11.5 Å². The fourth-order valence-electron chi connectivity index (χ4n) is 2.56. The average Bonchev–Trinajstić information content (AvgIpc) is 2.72. The molecule has 0 fully saturated rings. The molecular formula is C19H24N2O6S. The Labute approximate surface area is 165 Å². The van der Waals surface area contributed by atoms with Crippen molar-refractivity contribution in [2.45, 2.75) is 17.9 Å². The van der Waals surface area contributed by atoms with Crippen molar-refractivity contribution in [1.29, 1.82) is 0 Å². The summed E-state index contributed by atoms with van der Waals surface area (Å²) in [6.45, 7) is 1.82. The number of hydrogen-bond acceptors (Lipinski definition) is 6. The lowest BCUT2D eigenvalue weighted by molar-refractivity contribution is -0.0258. The van der Waals surface area contributed by atoms with Crippen LogP contribution in [0.5, 0.6) is 11.5 Å². The molecule has 0 heterocycles. The average molecular weight is 408 g/mol. The van der Waals surface area contributed by atoms with E-state index < -0.39 is 10.0 Å². The van der Waals surface area contributed by atoms with Crippen molar-refractivity contribution in [2.75, 3.05) is 28.4 Å². The summed E-state index contributed by atoms with van der Waals surface area (Å²) in [5.41, 5.74) is 1.09. The molecule has 28 heavy (non-hydrogen) atoms. The number of amides is 1. The number of hydroxylamine groups is 1. The van der Waals surface area contributed by atoms with Crippen LogP contribution in [0.3, 0.4) is 0 Å². The predicted octanol–water partition coefficient (Wildman–Crippen LogP) is 2.38. The summed E-state index contributed by atoms with van der Waals surface area (Å²) in [6, 6.07) is 10.6. The minimum absolute atomic E-state index is 0.0240. The van der Waals surface area contributed by atoms with Gasteiger partial charge in [0.2, 0.25) is 0 Å². The Balaban J connectivity index is 2.19. The summed E-state index contributed by atoms with van der Waals surface area (Å²) in [5, 5.41) is 2.87. The highest BCUT2D eigenvalue weighted by molar-refractivity contribution is 7.89. The predicted molar refractivity (Wildman–Crippen MR) is 104 cm³/mol. The molecule has 0 aliphatic carbocycles. The summed E-state index contributed by atoms with van der Waals surface area (Å²) in [7, 11) is 1.90. The highest BCUT2D eigenvalue weighted by Crippen LogP contribution is 2.29. The number of hydrogen-bond donors (Lipinski definition) is 1. The van der Waals surface area contributed by atoms with Crippen molar-refractivity contribution in [2.24, 2.45) is 0 Å². The topological polar surface area (TPSA) is 94.2 Å². The third-order valence-corrected chi connectivity index (χ3v) is 5.95. The molecule has 0 saturated heterocycles. The van der Waals surface area contributed by atoms with Crippen LogP contribution in [-0.4, -0.2) is 47.2 Å². The van der Waals surface area contributed by atoms with Gasteiger partial charge < -0.3 is 14.8 Å². The number of ether oxygens (including phenoxy) is 2. The van der Waals surface area contributed by atoms with Crippen LogP contribution in [0.25, 0.3) is 0 Å². The maximum Gasteiger partial charge on any atom is 0.264 e. The van der Waals surface area contributed by atoms with E-state index >= 15 is 0 Å². The van der Waals surface area contributed by atoms with Gasteiger partial charge in [-0.1, -0.05) is 4.47 Å². The normalized spacial score (nSPS) is 12.5. The van der Waals surface area contributed by atoms with Crippen LogP contribution in [0.15, 0.2) is 47.4 Å². The maximum absolute atomic E-state index is 12.6. The number of benzene rings is 2.